The van der Waals surface area contributed by atoms with Gasteiger partial charge in [0, 0.05) is 52.5 Å². The molecule has 5 nitrogen and oxygen atoms in total. The molecule has 24 heavy (non-hydrogen) atoms. The summed E-state index contributed by atoms with van der Waals surface area (Å²) < 4.78 is 6.21. The second-order valence-corrected chi connectivity index (χ2v) is 7.35. The predicted molar refractivity (Wildman–Crippen MR) is 93.6 cm³/mol. The van der Waals surface area contributed by atoms with Gasteiger partial charge in [0.1, 0.15) is 0 Å². The Hall–Kier alpha value is -1.46. The van der Waals surface area contributed by atoms with Crippen molar-refractivity contribution < 1.29 is 9.53 Å². The molecule has 1 atom stereocenters. The zero-order valence-corrected chi connectivity index (χ0v) is 15.1. The molecule has 2 aliphatic heterocycles. The molecule has 0 bridgehead atoms. The first-order chi connectivity index (χ1) is 11.5. The van der Waals surface area contributed by atoms with Gasteiger partial charge in [-0.2, -0.15) is 0 Å². The quantitative estimate of drug-likeness (QED) is 0.853. The Morgan fingerprint density at radius 2 is 2.21 bits per heavy atom. The zero-order chi connectivity index (χ0) is 17.2. The number of amides is 1. The number of carbonyl (C=O) groups is 1. The Balaban J connectivity index is 1.58. The van der Waals surface area contributed by atoms with Crippen molar-refractivity contribution in [1.82, 2.24) is 14.8 Å². The van der Waals surface area contributed by atoms with E-state index in [0.717, 1.165) is 51.9 Å². The lowest BCUT2D eigenvalue weighted by Gasteiger charge is -2.47. The monoisotopic (exact) mass is 331 g/mol. The van der Waals surface area contributed by atoms with Crippen LogP contribution in [0.3, 0.4) is 0 Å². The molecule has 5 heteroatoms. The first-order valence-electron chi connectivity index (χ1n) is 8.99. The van der Waals surface area contributed by atoms with Crippen LogP contribution >= 0.6 is 0 Å². The summed E-state index contributed by atoms with van der Waals surface area (Å²) in [7, 11) is 1.92. The van der Waals surface area contributed by atoms with Gasteiger partial charge >= 0.3 is 0 Å². The lowest BCUT2D eigenvalue weighted by molar-refractivity contribution is -0.147. The van der Waals surface area contributed by atoms with E-state index in [2.05, 4.69) is 22.9 Å². The van der Waals surface area contributed by atoms with E-state index >= 15 is 0 Å². The third-order valence-electron chi connectivity index (χ3n) is 5.77. The van der Waals surface area contributed by atoms with E-state index in [-0.39, 0.29) is 11.5 Å². The van der Waals surface area contributed by atoms with Gasteiger partial charge in [-0.05, 0) is 44.2 Å². The number of aromatic nitrogens is 1. The fourth-order valence-electron chi connectivity index (χ4n) is 3.95. The van der Waals surface area contributed by atoms with Crippen molar-refractivity contribution in [3.63, 3.8) is 0 Å². The standard InChI is InChI=1S/C19H29N3O2/c1-15-5-4-9-20-18(15)14-22-10-7-19(8-11-22)13-17(6-12-24-19)21(3)16(2)23/h4-5,9,17H,6-8,10-14H2,1-3H3. The van der Waals surface area contributed by atoms with Crippen LogP contribution in [0.25, 0.3) is 0 Å². The van der Waals surface area contributed by atoms with Crippen molar-refractivity contribution in [1.29, 1.82) is 0 Å². The predicted octanol–water partition coefficient (Wildman–Crippen LogP) is 2.38. The number of aryl methyl sites for hydroxylation is 1. The van der Waals surface area contributed by atoms with Crippen LogP contribution < -0.4 is 0 Å². The molecule has 1 amide bonds. The highest BCUT2D eigenvalue weighted by atomic mass is 16.5. The third kappa shape index (κ3) is 3.78. The van der Waals surface area contributed by atoms with Gasteiger partial charge in [-0.1, -0.05) is 6.07 Å². The third-order valence-corrected chi connectivity index (χ3v) is 5.77. The normalized spacial score (nSPS) is 24.0. The average Bonchev–Trinajstić information content (AvgIpc) is 2.58. The molecule has 2 fully saturated rings. The SMILES string of the molecule is CC(=O)N(C)C1CCOC2(CCN(Cc3ncccc3C)CC2)C1. The van der Waals surface area contributed by atoms with Crippen molar-refractivity contribution >= 4 is 5.91 Å². The molecule has 2 aliphatic rings. The molecule has 0 N–H and O–H groups in total. The molecule has 2 saturated heterocycles. The molecule has 0 saturated carbocycles. The molecule has 1 aromatic rings. The van der Waals surface area contributed by atoms with Crippen molar-refractivity contribution in [2.75, 3.05) is 26.7 Å². The number of nitrogens with zero attached hydrogens (tertiary/aromatic N) is 3. The van der Waals surface area contributed by atoms with Crippen LogP contribution in [0.2, 0.25) is 0 Å². The van der Waals surface area contributed by atoms with Crippen LogP contribution in [0.1, 0.15) is 43.9 Å². The highest BCUT2D eigenvalue weighted by Gasteiger charge is 2.41. The van der Waals surface area contributed by atoms with E-state index in [1.165, 1.54) is 11.3 Å². The minimum absolute atomic E-state index is 0.0394. The number of rotatable bonds is 3. The van der Waals surface area contributed by atoms with Crippen LogP contribution in [-0.2, 0) is 16.1 Å². The first-order valence-corrected chi connectivity index (χ1v) is 8.99. The van der Waals surface area contributed by atoms with Crippen molar-refractivity contribution in [2.45, 2.75) is 57.7 Å². The average molecular weight is 331 g/mol. The number of ether oxygens (including phenoxy) is 1. The number of carbonyl (C=O) groups excluding carboxylic acids is 1. The van der Waals surface area contributed by atoms with Gasteiger partial charge in [0.25, 0.3) is 0 Å². The summed E-state index contributed by atoms with van der Waals surface area (Å²) in [5.41, 5.74) is 2.39. The second-order valence-electron chi connectivity index (χ2n) is 7.35. The molecular weight excluding hydrogens is 302 g/mol. The van der Waals surface area contributed by atoms with Gasteiger partial charge in [-0.25, -0.2) is 0 Å². The van der Waals surface area contributed by atoms with Crippen molar-refractivity contribution in [3.8, 4) is 0 Å². The van der Waals surface area contributed by atoms with Crippen molar-refractivity contribution in [3.05, 3.63) is 29.6 Å². The molecule has 3 rings (SSSR count). The van der Waals surface area contributed by atoms with E-state index < -0.39 is 0 Å². The van der Waals surface area contributed by atoms with E-state index in [0.29, 0.717) is 6.04 Å². The van der Waals surface area contributed by atoms with Crippen molar-refractivity contribution in [2.24, 2.45) is 0 Å². The summed E-state index contributed by atoms with van der Waals surface area (Å²) in [6, 6.07) is 4.44. The summed E-state index contributed by atoms with van der Waals surface area (Å²) in [4.78, 5) is 20.6. The fourth-order valence-corrected chi connectivity index (χ4v) is 3.95. The summed E-state index contributed by atoms with van der Waals surface area (Å²) in [6.07, 6.45) is 5.89. The number of hydrogen-bond acceptors (Lipinski definition) is 4. The van der Waals surface area contributed by atoms with Crippen LogP contribution in [0.4, 0.5) is 0 Å². The maximum absolute atomic E-state index is 11.7. The van der Waals surface area contributed by atoms with Gasteiger partial charge in [-0.3, -0.25) is 14.7 Å². The number of likely N-dealkylation sites (tertiary alicyclic amines) is 1. The van der Waals surface area contributed by atoms with Gasteiger partial charge in [0.15, 0.2) is 0 Å². The number of pyridine rings is 1. The molecule has 1 spiro atoms. The maximum Gasteiger partial charge on any atom is 0.219 e. The Labute approximate surface area is 145 Å². The fraction of sp³-hybridized carbons (Fsp3) is 0.684. The molecule has 3 heterocycles. The Kier molecular flexibility index (Phi) is 5.21. The molecule has 1 unspecified atom stereocenters. The van der Waals surface area contributed by atoms with E-state index in [9.17, 15) is 4.79 Å². The van der Waals surface area contributed by atoms with Gasteiger partial charge in [-0.15, -0.1) is 0 Å². The van der Waals surface area contributed by atoms with Crippen LogP contribution in [0, 0.1) is 6.92 Å². The zero-order valence-electron chi connectivity index (χ0n) is 15.1. The van der Waals surface area contributed by atoms with Gasteiger partial charge in [0.2, 0.25) is 5.91 Å². The smallest absolute Gasteiger partial charge is 0.219 e. The lowest BCUT2D eigenvalue weighted by Crippen LogP contribution is -2.53. The highest BCUT2D eigenvalue weighted by Crippen LogP contribution is 2.36. The summed E-state index contributed by atoms with van der Waals surface area (Å²) >= 11 is 0. The van der Waals surface area contributed by atoms with Crippen LogP contribution in [-0.4, -0.2) is 59.1 Å². The Morgan fingerprint density at radius 3 is 2.88 bits per heavy atom. The van der Waals surface area contributed by atoms with E-state index in [1.807, 2.05) is 24.2 Å². The van der Waals surface area contributed by atoms with Gasteiger partial charge in [0.05, 0.1) is 11.3 Å². The van der Waals surface area contributed by atoms with E-state index in [1.54, 1.807) is 6.92 Å². The second kappa shape index (κ2) is 7.19. The summed E-state index contributed by atoms with van der Waals surface area (Å²) in [5.74, 6) is 0.153. The number of piperidine rings is 1. The summed E-state index contributed by atoms with van der Waals surface area (Å²) in [6.45, 7) is 7.53. The van der Waals surface area contributed by atoms with Crippen LogP contribution in [0.15, 0.2) is 18.3 Å². The molecular formula is C19H29N3O2. The molecule has 132 valence electrons. The number of hydrogen-bond donors (Lipinski definition) is 0. The van der Waals surface area contributed by atoms with E-state index in [4.69, 9.17) is 4.74 Å². The minimum Gasteiger partial charge on any atom is -0.375 e. The Morgan fingerprint density at radius 1 is 1.46 bits per heavy atom. The molecule has 0 radical (unpaired) electrons. The maximum atomic E-state index is 11.7. The molecule has 1 aromatic heterocycles. The first kappa shape index (κ1) is 17.4. The van der Waals surface area contributed by atoms with Gasteiger partial charge < -0.3 is 9.64 Å². The summed E-state index contributed by atoms with van der Waals surface area (Å²) in [5, 5.41) is 0. The van der Waals surface area contributed by atoms with Crippen LogP contribution in [0.5, 0.6) is 0 Å². The molecule has 0 aliphatic carbocycles. The molecule has 0 aromatic carbocycles. The Bertz CT molecular complexity index is 582. The topological polar surface area (TPSA) is 45.7 Å². The minimum atomic E-state index is -0.0394. The largest absolute Gasteiger partial charge is 0.375 e. The lowest BCUT2D eigenvalue weighted by atomic mass is 9.82. The highest BCUT2D eigenvalue weighted by molar-refractivity contribution is 5.73.